The Kier molecular flexibility index (Phi) is 9.79. The maximum atomic E-state index is 13.3. The second-order valence-corrected chi connectivity index (χ2v) is 12.2. The number of hydrogen-bond acceptors (Lipinski definition) is 6. The van der Waals surface area contributed by atoms with Crippen molar-refractivity contribution in [3.8, 4) is 0 Å². The van der Waals surface area contributed by atoms with Gasteiger partial charge in [0.1, 0.15) is 18.0 Å². The third-order valence-electron chi connectivity index (χ3n) is 6.11. The summed E-state index contributed by atoms with van der Waals surface area (Å²) in [7, 11) is -4.29. The maximum Gasteiger partial charge on any atom is 0.313 e. The van der Waals surface area contributed by atoms with E-state index in [2.05, 4.69) is 20.6 Å². The summed E-state index contributed by atoms with van der Waals surface area (Å²) >= 11 is 0. The number of benzene rings is 2. The van der Waals surface area contributed by atoms with Gasteiger partial charge < -0.3 is 31.4 Å². The van der Waals surface area contributed by atoms with Crippen molar-refractivity contribution in [3.05, 3.63) is 66.2 Å². The summed E-state index contributed by atoms with van der Waals surface area (Å²) in [5.74, 6) is -4.16. The molecular formula is C26H34N5O6P. The molecular weight excluding hydrogens is 509 g/mol. The van der Waals surface area contributed by atoms with Gasteiger partial charge in [0.05, 0.1) is 18.1 Å². The van der Waals surface area contributed by atoms with E-state index >= 15 is 0 Å². The Bertz CT molecular complexity index is 1310. The van der Waals surface area contributed by atoms with Crippen molar-refractivity contribution < 1.29 is 28.9 Å². The first-order valence-electron chi connectivity index (χ1n) is 12.3. The van der Waals surface area contributed by atoms with Crippen LogP contribution in [0.1, 0.15) is 31.5 Å². The average molecular weight is 544 g/mol. The van der Waals surface area contributed by atoms with E-state index in [1.165, 1.54) is 6.33 Å². The highest BCUT2D eigenvalue weighted by molar-refractivity contribution is 7.59. The number of carbonyl (C=O) groups excluding carboxylic acids is 2. The Morgan fingerprint density at radius 2 is 1.76 bits per heavy atom. The van der Waals surface area contributed by atoms with E-state index < -0.39 is 49.2 Å². The lowest BCUT2D eigenvalue weighted by Crippen LogP contribution is -2.54. The molecule has 0 aliphatic heterocycles. The summed E-state index contributed by atoms with van der Waals surface area (Å²) in [6.45, 7) is 3.57. The van der Waals surface area contributed by atoms with Crippen molar-refractivity contribution in [3.63, 3.8) is 0 Å². The predicted octanol–water partition coefficient (Wildman–Crippen LogP) is 2.00. The molecule has 38 heavy (non-hydrogen) atoms. The van der Waals surface area contributed by atoms with E-state index in [0.717, 1.165) is 16.3 Å². The molecule has 0 aliphatic carbocycles. The van der Waals surface area contributed by atoms with Crippen molar-refractivity contribution in [2.45, 2.75) is 51.0 Å². The molecule has 12 heteroatoms. The van der Waals surface area contributed by atoms with Gasteiger partial charge in [0, 0.05) is 12.6 Å². The van der Waals surface area contributed by atoms with Crippen LogP contribution in [0, 0.1) is 5.92 Å². The molecule has 0 bridgehead atoms. The number of nitrogens with two attached hydrogens (primary N) is 1. The zero-order valence-corrected chi connectivity index (χ0v) is 22.2. The zero-order chi connectivity index (χ0) is 27.9. The number of nitrogens with one attached hydrogen (secondary N) is 3. The Morgan fingerprint density at radius 1 is 1.05 bits per heavy atom. The molecule has 0 radical (unpaired) electrons. The van der Waals surface area contributed by atoms with Crippen LogP contribution >= 0.6 is 7.37 Å². The van der Waals surface area contributed by atoms with Crippen molar-refractivity contribution >= 4 is 35.9 Å². The van der Waals surface area contributed by atoms with Crippen molar-refractivity contribution in [2.24, 2.45) is 11.7 Å². The lowest BCUT2D eigenvalue weighted by atomic mass is 9.98. The number of H-pyrrole nitrogens is 1. The molecule has 1 heterocycles. The van der Waals surface area contributed by atoms with Crippen LogP contribution in [0.4, 0.5) is 0 Å². The SMILES string of the molecule is CC(C)CC(NC(=O)[C@@H](Cc1c[nH]cn1)NC(=O)[C@H](N)Cc1cccc2ccccc12)P(=O)(O)CC(=O)O. The molecule has 4 atom stereocenters. The molecule has 2 amide bonds. The Hall–Kier alpha value is -3.53. The van der Waals surface area contributed by atoms with Crippen molar-refractivity contribution in [1.82, 2.24) is 20.6 Å². The van der Waals surface area contributed by atoms with E-state index in [1.54, 1.807) is 20.0 Å². The molecule has 7 N–H and O–H groups in total. The van der Waals surface area contributed by atoms with Gasteiger partial charge in [-0.15, -0.1) is 0 Å². The number of aromatic nitrogens is 2. The van der Waals surface area contributed by atoms with Crippen LogP contribution < -0.4 is 16.4 Å². The molecule has 0 spiro atoms. The third kappa shape index (κ3) is 7.98. The number of imidazole rings is 1. The quantitative estimate of drug-likeness (QED) is 0.177. The summed E-state index contributed by atoms with van der Waals surface area (Å²) < 4.78 is 12.8. The molecule has 204 valence electrons. The normalized spacial score (nSPS) is 15.4. The van der Waals surface area contributed by atoms with Gasteiger partial charge in [-0.1, -0.05) is 56.3 Å². The minimum atomic E-state index is -4.29. The van der Waals surface area contributed by atoms with Crippen LogP contribution in [0.2, 0.25) is 0 Å². The monoisotopic (exact) mass is 543 g/mol. The summed E-state index contributed by atoms with van der Waals surface area (Å²) in [6, 6.07) is 11.3. The molecule has 0 fully saturated rings. The molecule has 11 nitrogen and oxygen atoms in total. The van der Waals surface area contributed by atoms with Crippen LogP contribution in [0.3, 0.4) is 0 Å². The number of hydrogen-bond donors (Lipinski definition) is 6. The molecule has 2 aromatic carbocycles. The number of carboxylic acid groups (broad SMARTS) is 1. The topological polar surface area (TPSA) is 187 Å². The van der Waals surface area contributed by atoms with E-state index in [4.69, 9.17) is 10.8 Å². The van der Waals surface area contributed by atoms with E-state index in [-0.39, 0.29) is 25.2 Å². The first-order valence-corrected chi connectivity index (χ1v) is 14.2. The van der Waals surface area contributed by atoms with Gasteiger partial charge in [-0.05, 0) is 35.1 Å². The molecule has 0 saturated carbocycles. The lowest BCUT2D eigenvalue weighted by Gasteiger charge is -2.27. The number of rotatable bonds is 13. The highest BCUT2D eigenvalue weighted by atomic mass is 31.2. The van der Waals surface area contributed by atoms with Crippen molar-refractivity contribution in [1.29, 1.82) is 0 Å². The van der Waals surface area contributed by atoms with Gasteiger partial charge in [0.2, 0.25) is 19.2 Å². The van der Waals surface area contributed by atoms with Gasteiger partial charge in [0.25, 0.3) is 0 Å². The number of fused-ring (bicyclic) bond motifs is 1. The van der Waals surface area contributed by atoms with Crippen LogP contribution in [-0.2, 0) is 31.8 Å². The second-order valence-electron chi connectivity index (χ2n) is 9.74. The van der Waals surface area contributed by atoms with Crippen LogP contribution in [0.25, 0.3) is 10.8 Å². The molecule has 0 saturated heterocycles. The summed E-state index contributed by atoms with van der Waals surface area (Å²) in [5.41, 5.74) is 7.60. The molecule has 0 aliphatic rings. The number of aromatic amines is 1. The minimum absolute atomic E-state index is 0.00881. The predicted molar refractivity (Wildman–Crippen MR) is 144 cm³/mol. The van der Waals surface area contributed by atoms with E-state index in [0.29, 0.717) is 5.69 Å². The minimum Gasteiger partial charge on any atom is -0.481 e. The van der Waals surface area contributed by atoms with Crippen LogP contribution in [0.15, 0.2) is 55.0 Å². The summed E-state index contributed by atoms with van der Waals surface area (Å²) in [6.07, 6.45) is 2.30. The Labute approximate surface area is 220 Å². The molecule has 3 rings (SSSR count). The third-order valence-corrected chi connectivity index (χ3v) is 8.15. The average Bonchev–Trinajstić information content (AvgIpc) is 3.35. The Balaban J connectivity index is 1.78. The summed E-state index contributed by atoms with van der Waals surface area (Å²) in [5, 5.41) is 16.2. The van der Waals surface area contributed by atoms with Gasteiger partial charge >= 0.3 is 5.97 Å². The zero-order valence-electron chi connectivity index (χ0n) is 21.3. The largest absolute Gasteiger partial charge is 0.481 e. The lowest BCUT2D eigenvalue weighted by molar-refractivity contribution is -0.134. The van der Waals surface area contributed by atoms with E-state index in [9.17, 15) is 23.8 Å². The maximum absolute atomic E-state index is 13.3. The smallest absolute Gasteiger partial charge is 0.313 e. The number of carboxylic acids is 1. The van der Waals surface area contributed by atoms with Crippen molar-refractivity contribution in [2.75, 3.05) is 6.16 Å². The van der Waals surface area contributed by atoms with Gasteiger partial charge in [-0.25, -0.2) is 4.98 Å². The number of carbonyl (C=O) groups is 3. The highest BCUT2D eigenvalue weighted by Crippen LogP contribution is 2.47. The fourth-order valence-corrected chi connectivity index (χ4v) is 5.93. The fraction of sp³-hybridized carbons (Fsp3) is 0.385. The van der Waals surface area contributed by atoms with Crippen LogP contribution in [0.5, 0.6) is 0 Å². The standard InChI is InChI=1S/C26H34N5O6P/c1-16(2)10-23(38(36,37)14-24(32)33)31-26(35)22(12-19-13-28-15-29-19)30-25(34)21(27)11-18-8-5-7-17-6-3-4-9-20(17)18/h3-9,13,15-16,21-23H,10-12,14,27H2,1-2H3,(H,28,29)(H,30,34)(H,31,35)(H,32,33)(H,36,37)/t21-,22-,23?/m1/s1. The molecule has 1 aromatic heterocycles. The number of amides is 2. The van der Waals surface area contributed by atoms with E-state index in [1.807, 2.05) is 42.5 Å². The number of aliphatic carboxylic acids is 1. The second kappa shape index (κ2) is 12.8. The van der Waals surface area contributed by atoms with Gasteiger partial charge in [-0.3, -0.25) is 18.9 Å². The number of nitrogens with zero attached hydrogens (tertiary/aromatic N) is 1. The Morgan fingerprint density at radius 3 is 2.42 bits per heavy atom. The fourth-order valence-electron chi connectivity index (χ4n) is 4.24. The highest BCUT2D eigenvalue weighted by Gasteiger charge is 2.37. The van der Waals surface area contributed by atoms with Crippen LogP contribution in [-0.4, -0.2) is 61.8 Å². The summed E-state index contributed by atoms with van der Waals surface area (Å²) in [4.78, 5) is 54.9. The van der Waals surface area contributed by atoms with Gasteiger partial charge in [0.15, 0.2) is 0 Å². The first kappa shape index (κ1) is 29.0. The van der Waals surface area contributed by atoms with Gasteiger partial charge in [-0.2, -0.15) is 0 Å². The molecule has 3 aromatic rings. The molecule has 2 unspecified atom stereocenters. The first-order chi connectivity index (χ1) is 18.0.